The molecule has 0 saturated heterocycles. The fraction of sp³-hybridized carbons (Fsp3) is 0.733. The highest BCUT2D eigenvalue weighted by Gasteiger charge is 2.39. The van der Waals surface area contributed by atoms with Crippen molar-refractivity contribution in [3.63, 3.8) is 0 Å². The lowest BCUT2D eigenvalue weighted by Gasteiger charge is -2.43. The average molecular weight is 267 g/mol. The van der Waals surface area contributed by atoms with Crippen molar-refractivity contribution < 1.29 is 4.74 Å². The lowest BCUT2D eigenvalue weighted by atomic mass is 9.75. The Labute approximate surface area is 115 Å². The van der Waals surface area contributed by atoms with E-state index in [-0.39, 0.29) is 5.60 Å². The summed E-state index contributed by atoms with van der Waals surface area (Å²) in [6, 6.07) is 2.75. The molecule has 1 fully saturated rings. The fourth-order valence-corrected chi connectivity index (χ4v) is 4.06. The lowest BCUT2D eigenvalue weighted by Crippen LogP contribution is -2.42. The highest BCUT2D eigenvalue weighted by atomic mass is 32.1. The summed E-state index contributed by atoms with van der Waals surface area (Å²) in [5, 5.41) is 3.64. The van der Waals surface area contributed by atoms with Crippen molar-refractivity contribution in [3.8, 4) is 0 Å². The van der Waals surface area contributed by atoms with Crippen LogP contribution in [-0.2, 0) is 4.74 Å². The van der Waals surface area contributed by atoms with Gasteiger partial charge in [-0.2, -0.15) is 0 Å². The fourth-order valence-electron chi connectivity index (χ4n) is 2.94. The van der Waals surface area contributed by atoms with E-state index in [4.69, 9.17) is 4.74 Å². The summed E-state index contributed by atoms with van der Waals surface area (Å²) in [7, 11) is 1.87. The molecule has 1 heterocycles. The largest absolute Gasteiger partial charge is 0.378 e. The molecule has 102 valence electrons. The molecule has 1 aromatic rings. The van der Waals surface area contributed by atoms with Crippen LogP contribution in [0.3, 0.4) is 0 Å². The number of hydrogen-bond donors (Lipinski definition) is 1. The number of ether oxygens (including phenoxy) is 1. The van der Waals surface area contributed by atoms with Gasteiger partial charge in [-0.1, -0.05) is 6.92 Å². The first-order valence-corrected chi connectivity index (χ1v) is 7.77. The van der Waals surface area contributed by atoms with Gasteiger partial charge >= 0.3 is 0 Å². The Hall–Kier alpha value is -0.380. The third-order valence-electron chi connectivity index (χ3n) is 4.12. The molecule has 0 radical (unpaired) electrons. The Morgan fingerprint density at radius 3 is 2.56 bits per heavy atom. The number of hydrogen-bond acceptors (Lipinski definition) is 3. The quantitative estimate of drug-likeness (QED) is 0.842. The molecule has 0 aliphatic heterocycles. The second-order valence-electron chi connectivity index (χ2n) is 5.46. The van der Waals surface area contributed by atoms with E-state index >= 15 is 0 Å². The van der Waals surface area contributed by atoms with Gasteiger partial charge in [0.05, 0.1) is 5.60 Å². The Morgan fingerprint density at radius 2 is 2.17 bits per heavy atom. The predicted molar refractivity (Wildman–Crippen MR) is 78.4 cm³/mol. The van der Waals surface area contributed by atoms with Gasteiger partial charge in [-0.15, -0.1) is 11.3 Å². The molecule has 18 heavy (non-hydrogen) atoms. The van der Waals surface area contributed by atoms with Gasteiger partial charge in [0.25, 0.3) is 0 Å². The zero-order valence-corrected chi connectivity index (χ0v) is 12.8. The van der Waals surface area contributed by atoms with Crippen LogP contribution in [0.25, 0.3) is 0 Å². The van der Waals surface area contributed by atoms with Gasteiger partial charge in [0.1, 0.15) is 0 Å². The van der Waals surface area contributed by atoms with E-state index in [1.807, 2.05) is 18.4 Å². The zero-order valence-electron chi connectivity index (χ0n) is 12.0. The van der Waals surface area contributed by atoms with Crippen molar-refractivity contribution in [2.75, 3.05) is 13.7 Å². The number of thiophene rings is 1. The second-order valence-corrected chi connectivity index (χ2v) is 6.75. The topological polar surface area (TPSA) is 21.3 Å². The monoisotopic (exact) mass is 267 g/mol. The van der Waals surface area contributed by atoms with Crippen LogP contribution < -0.4 is 5.32 Å². The third-order valence-corrected chi connectivity index (χ3v) is 5.39. The minimum atomic E-state index is 0.136. The van der Waals surface area contributed by atoms with Crippen molar-refractivity contribution in [1.29, 1.82) is 0 Å². The minimum Gasteiger partial charge on any atom is -0.378 e. The molecule has 1 aliphatic carbocycles. The molecule has 1 aliphatic rings. The maximum atomic E-state index is 5.78. The summed E-state index contributed by atoms with van der Waals surface area (Å²) in [6.07, 6.45) is 4.86. The molecule has 1 atom stereocenters. The van der Waals surface area contributed by atoms with E-state index in [0.29, 0.717) is 6.04 Å². The summed E-state index contributed by atoms with van der Waals surface area (Å²) >= 11 is 1.93. The predicted octanol–water partition coefficient (Wildman–Crippen LogP) is 3.97. The number of nitrogens with one attached hydrogen (secondary N) is 1. The summed E-state index contributed by atoms with van der Waals surface area (Å²) in [4.78, 5) is 2.91. The molecule has 1 unspecified atom stereocenters. The summed E-state index contributed by atoms with van der Waals surface area (Å²) in [6.45, 7) is 7.62. The Morgan fingerprint density at radius 1 is 1.44 bits per heavy atom. The van der Waals surface area contributed by atoms with Gasteiger partial charge in [0.2, 0.25) is 0 Å². The normalized spacial score (nSPS) is 19.6. The molecule has 2 nitrogen and oxygen atoms in total. The molecule has 3 heteroatoms. The second kappa shape index (κ2) is 5.72. The van der Waals surface area contributed by atoms with Crippen molar-refractivity contribution in [3.05, 3.63) is 21.4 Å². The molecule has 2 rings (SSSR count). The minimum absolute atomic E-state index is 0.136. The molecular weight excluding hydrogens is 242 g/mol. The van der Waals surface area contributed by atoms with Crippen LogP contribution in [0.1, 0.15) is 54.0 Å². The smallest absolute Gasteiger partial charge is 0.0697 e. The van der Waals surface area contributed by atoms with Gasteiger partial charge in [-0.05, 0) is 57.7 Å². The van der Waals surface area contributed by atoms with Gasteiger partial charge in [-0.25, -0.2) is 0 Å². The van der Waals surface area contributed by atoms with Crippen molar-refractivity contribution in [1.82, 2.24) is 5.32 Å². The lowest BCUT2D eigenvalue weighted by molar-refractivity contribution is -0.0835. The van der Waals surface area contributed by atoms with Crippen LogP contribution in [-0.4, -0.2) is 19.3 Å². The summed E-state index contributed by atoms with van der Waals surface area (Å²) < 4.78 is 5.78. The van der Waals surface area contributed by atoms with Gasteiger partial charge in [0.15, 0.2) is 0 Å². The van der Waals surface area contributed by atoms with Gasteiger partial charge in [0, 0.05) is 22.9 Å². The Bertz CT molecular complexity index is 390. The molecule has 1 N–H and O–H groups in total. The van der Waals surface area contributed by atoms with Crippen molar-refractivity contribution in [2.45, 2.75) is 58.1 Å². The Balaban J connectivity index is 2.15. The van der Waals surface area contributed by atoms with Crippen molar-refractivity contribution in [2.24, 2.45) is 0 Å². The highest BCUT2D eigenvalue weighted by Crippen LogP contribution is 2.43. The standard InChI is InChI=1S/C15H25NOS/c1-5-16-13(10-15(17-4)7-6-8-15)14-11(2)9-12(3)18-14/h9,13,16H,5-8,10H2,1-4H3. The van der Waals surface area contributed by atoms with E-state index in [0.717, 1.165) is 13.0 Å². The zero-order chi connectivity index (χ0) is 13.2. The van der Waals surface area contributed by atoms with Crippen LogP contribution >= 0.6 is 11.3 Å². The SMILES string of the molecule is CCNC(CC1(OC)CCC1)c1sc(C)cc1C. The summed E-state index contributed by atoms with van der Waals surface area (Å²) in [5.74, 6) is 0. The molecule has 0 aromatic carbocycles. The van der Waals surface area contributed by atoms with Crippen LogP contribution in [0.5, 0.6) is 0 Å². The van der Waals surface area contributed by atoms with Crippen LogP contribution in [0.4, 0.5) is 0 Å². The first kappa shape index (κ1) is 14.0. The van der Waals surface area contributed by atoms with E-state index < -0.39 is 0 Å². The molecule has 0 bridgehead atoms. The maximum absolute atomic E-state index is 5.78. The van der Waals surface area contributed by atoms with E-state index in [1.165, 1.54) is 34.6 Å². The van der Waals surface area contributed by atoms with Crippen LogP contribution in [0, 0.1) is 13.8 Å². The molecule has 1 aromatic heterocycles. The van der Waals surface area contributed by atoms with E-state index in [2.05, 4.69) is 32.2 Å². The first-order chi connectivity index (χ1) is 8.60. The molecule has 1 saturated carbocycles. The van der Waals surface area contributed by atoms with Crippen LogP contribution in [0.15, 0.2) is 6.07 Å². The Kier molecular flexibility index (Phi) is 4.46. The molecular formula is C15H25NOS. The highest BCUT2D eigenvalue weighted by molar-refractivity contribution is 7.12. The maximum Gasteiger partial charge on any atom is 0.0697 e. The average Bonchev–Trinajstić information content (AvgIpc) is 2.61. The summed E-state index contributed by atoms with van der Waals surface area (Å²) in [5.41, 5.74) is 1.56. The number of methoxy groups -OCH3 is 1. The van der Waals surface area contributed by atoms with Crippen LogP contribution in [0.2, 0.25) is 0 Å². The molecule has 0 amide bonds. The third kappa shape index (κ3) is 2.79. The molecule has 0 spiro atoms. The van der Waals surface area contributed by atoms with Crippen molar-refractivity contribution >= 4 is 11.3 Å². The number of rotatable bonds is 6. The van der Waals surface area contributed by atoms with Gasteiger partial charge < -0.3 is 10.1 Å². The van der Waals surface area contributed by atoms with E-state index in [9.17, 15) is 0 Å². The first-order valence-electron chi connectivity index (χ1n) is 6.95. The number of aryl methyl sites for hydroxylation is 2. The van der Waals surface area contributed by atoms with Gasteiger partial charge in [-0.3, -0.25) is 0 Å². The van der Waals surface area contributed by atoms with E-state index in [1.54, 1.807) is 0 Å².